The van der Waals surface area contributed by atoms with Crippen molar-refractivity contribution in [3.63, 3.8) is 0 Å². The molecule has 0 heterocycles. The summed E-state index contributed by atoms with van der Waals surface area (Å²) in [4.78, 5) is 24.8. The molecule has 4 radical (unpaired) electrons. The van der Waals surface area contributed by atoms with Crippen LogP contribution in [0.2, 0.25) is 0 Å². The summed E-state index contributed by atoms with van der Waals surface area (Å²) >= 11 is 0. The Bertz CT molecular complexity index is 118. The molecule has 0 fully saturated rings. The Hall–Kier alpha value is -1.05. The fourth-order valence-electron chi connectivity index (χ4n) is 0. The first-order valence-corrected chi connectivity index (χ1v) is 1.64. The van der Waals surface area contributed by atoms with Crippen molar-refractivity contribution in [3.05, 3.63) is 46.0 Å². The van der Waals surface area contributed by atoms with Crippen molar-refractivity contribution in [1.82, 2.24) is 0 Å². The van der Waals surface area contributed by atoms with Crippen molar-refractivity contribution in [1.29, 1.82) is 0 Å². The smallest absolute Gasteiger partial charge is 0.356 e. The SMILES string of the molecule is O=[N+]([O-])[O-].O=[N+]([O-])[O-].O=[N+]([O-])[O-].[Na+].[S+2]. The number of rotatable bonds is 0. The molecule has 0 spiro atoms. The van der Waals surface area contributed by atoms with E-state index in [0.29, 0.717) is 0 Å². The van der Waals surface area contributed by atoms with Gasteiger partial charge in [0.25, 0.3) is 0 Å². The first-order chi connectivity index (χ1) is 5.20. The molecule has 0 aliphatic heterocycles. The standard InChI is InChI=1S/3NO3.Na.S/c3*2-1(3)4;;/q3*-1;+1;+2. The number of nitrogens with zero attached hydrogens (tertiary/aromatic N) is 3. The summed E-state index contributed by atoms with van der Waals surface area (Å²) in [6, 6.07) is 0. The second-order valence-corrected chi connectivity index (χ2v) is 0.671. The van der Waals surface area contributed by atoms with E-state index in [-0.39, 0.29) is 43.1 Å². The molecule has 0 rings (SSSR count). The average Bonchev–Trinajstić information content (AvgIpc) is 1.54. The Kier molecular flexibility index (Phi) is 47.4. The molecule has 76 valence electrons. The Balaban J connectivity index is -0.0000000270. The minimum atomic E-state index is -1.75. The van der Waals surface area contributed by atoms with Crippen molar-refractivity contribution in [3.8, 4) is 0 Å². The van der Waals surface area contributed by atoms with E-state index in [1.54, 1.807) is 0 Å². The first kappa shape index (κ1) is 29.3. The third kappa shape index (κ3) is 983. The topological polar surface area (TPSA) is 199 Å². The van der Waals surface area contributed by atoms with E-state index in [1.165, 1.54) is 0 Å². The van der Waals surface area contributed by atoms with Crippen LogP contribution in [-0.2, 0) is 13.5 Å². The predicted octanol–water partition coefficient (Wildman–Crippen LogP) is -3.72. The van der Waals surface area contributed by atoms with Gasteiger partial charge in [0.2, 0.25) is 0 Å². The van der Waals surface area contributed by atoms with E-state index in [4.69, 9.17) is 46.0 Å². The third-order valence-electron chi connectivity index (χ3n) is 0. The van der Waals surface area contributed by atoms with Crippen LogP contribution in [0, 0.1) is 46.0 Å². The summed E-state index contributed by atoms with van der Waals surface area (Å²) in [5.41, 5.74) is 0. The van der Waals surface area contributed by atoms with Crippen molar-refractivity contribution >= 4 is 13.5 Å². The zero-order valence-corrected chi connectivity index (χ0v) is 9.24. The maximum Gasteiger partial charge on any atom is 2.00 e. The molecule has 14 heteroatoms. The van der Waals surface area contributed by atoms with Crippen LogP contribution in [0.5, 0.6) is 0 Å². The quantitative estimate of drug-likeness (QED) is 0.232. The number of hydrogen-bond donors (Lipinski definition) is 0. The minimum absolute atomic E-state index is 0. The Morgan fingerprint density at radius 3 is 0.571 bits per heavy atom. The molecule has 12 nitrogen and oxygen atoms in total. The fraction of sp³-hybridized carbons (Fsp3) is 0. The van der Waals surface area contributed by atoms with E-state index in [1.807, 2.05) is 0 Å². The van der Waals surface area contributed by atoms with Crippen molar-refractivity contribution in [2.24, 2.45) is 0 Å². The maximum absolute atomic E-state index is 8.25. The van der Waals surface area contributed by atoms with Crippen LogP contribution in [-0.4, -0.2) is 15.3 Å². The summed E-state index contributed by atoms with van der Waals surface area (Å²) in [5, 5.41) is 44.2. The van der Waals surface area contributed by atoms with Gasteiger partial charge in [0.15, 0.2) is 0 Å². The van der Waals surface area contributed by atoms with Gasteiger partial charge in [-0.15, -0.1) is 0 Å². The summed E-state index contributed by atoms with van der Waals surface area (Å²) < 4.78 is 0. The van der Waals surface area contributed by atoms with Gasteiger partial charge in [-0.2, -0.15) is 0 Å². The van der Waals surface area contributed by atoms with E-state index in [0.717, 1.165) is 0 Å². The summed E-state index contributed by atoms with van der Waals surface area (Å²) in [7, 11) is 0. The van der Waals surface area contributed by atoms with E-state index >= 15 is 0 Å². The molecule has 14 heavy (non-hydrogen) atoms. The van der Waals surface area contributed by atoms with Crippen molar-refractivity contribution in [2.45, 2.75) is 0 Å². The molecule has 0 aromatic rings. The van der Waals surface area contributed by atoms with Gasteiger partial charge in [0.05, 0.1) is 15.3 Å². The molecule has 0 saturated carbocycles. The normalized spacial score (nSPS) is 5.14. The van der Waals surface area contributed by atoms with Crippen molar-refractivity contribution in [2.75, 3.05) is 0 Å². The fourth-order valence-corrected chi connectivity index (χ4v) is 0. The van der Waals surface area contributed by atoms with Gasteiger partial charge in [-0.05, 0) is 0 Å². The molecule has 0 unspecified atom stereocenters. The zero-order chi connectivity index (χ0) is 10.7. The van der Waals surface area contributed by atoms with Gasteiger partial charge in [-0.3, -0.25) is 0 Å². The molecule has 0 amide bonds. The minimum Gasteiger partial charge on any atom is -0.356 e. The monoisotopic (exact) mass is 241 g/mol. The van der Waals surface area contributed by atoms with Crippen LogP contribution in [0.4, 0.5) is 0 Å². The van der Waals surface area contributed by atoms with Gasteiger partial charge >= 0.3 is 43.1 Å². The third-order valence-corrected chi connectivity index (χ3v) is 0. The van der Waals surface area contributed by atoms with Gasteiger partial charge < -0.3 is 46.0 Å². The molecule has 0 saturated heterocycles. The molecule has 0 aromatic heterocycles. The van der Waals surface area contributed by atoms with Gasteiger partial charge in [-0.1, -0.05) is 0 Å². The summed E-state index contributed by atoms with van der Waals surface area (Å²) in [6.07, 6.45) is 0. The largest absolute Gasteiger partial charge is 2.00 e. The van der Waals surface area contributed by atoms with Gasteiger partial charge in [-0.25, -0.2) is 0 Å². The second-order valence-electron chi connectivity index (χ2n) is 0.671. The first-order valence-electron chi connectivity index (χ1n) is 1.64. The van der Waals surface area contributed by atoms with E-state index in [2.05, 4.69) is 0 Å². The van der Waals surface area contributed by atoms with Crippen LogP contribution in [0.1, 0.15) is 0 Å². The van der Waals surface area contributed by atoms with Crippen LogP contribution in [0.15, 0.2) is 0 Å². The average molecular weight is 241 g/mol. The van der Waals surface area contributed by atoms with Crippen LogP contribution in [0.25, 0.3) is 0 Å². The van der Waals surface area contributed by atoms with E-state index in [9.17, 15) is 0 Å². The Morgan fingerprint density at radius 2 is 0.571 bits per heavy atom. The molecular weight excluding hydrogens is 241 g/mol. The molecule has 0 atom stereocenters. The summed E-state index contributed by atoms with van der Waals surface area (Å²) in [6.45, 7) is 0. The van der Waals surface area contributed by atoms with Gasteiger partial charge in [0.1, 0.15) is 0 Å². The van der Waals surface area contributed by atoms with Crippen LogP contribution in [0.3, 0.4) is 0 Å². The molecule has 0 aliphatic rings. The van der Waals surface area contributed by atoms with Crippen LogP contribution >= 0.6 is 0 Å². The molecule has 0 bridgehead atoms. The molecule has 0 aromatic carbocycles. The number of hydrogen-bond acceptors (Lipinski definition) is 9. The van der Waals surface area contributed by atoms with Crippen LogP contribution < -0.4 is 29.6 Å². The summed E-state index contributed by atoms with van der Waals surface area (Å²) in [5.74, 6) is 0. The maximum atomic E-state index is 8.25. The molecule has 0 N–H and O–H groups in total. The Labute approximate surface area is 104 Å². The molecular formula is N3NaO9S. The predicted molar refractivity (Wildman–Crippen MR) is 38.4 cm³/mol. The Morgan fingerprint density at radius 1 is 0.571 bits per heavy atom. The molecule has 0 aliphatic carbocycles. The zero-order valence-electron chi connectivity index (χ0n) is 6.42. The van der Waals surface area contributed by atoms with Gasteiger partial charge in [0, 0.05) is 0 Å². The van der Waals surface area contributed by atoms with Crippen molar-refractivity contribution < 1.29 is 44.8 Å². The van der Waals surface area contributed by atoms with E-state index < -0.39 is 15.3 Å². The second kappa shape index (κ2) is 22.7.